The van der Waals surface area contributed by atoms with Crippen LogP contribution in [0.2, 0.25) is 5.02 Å². The number of alkyl halides is 3. The topological polar surface area (TPSA) is 67.8 Å². The number of fused-ring (bicyclic) bond motifs is 1. The maximum Gasteiger partial charge on any atom is 0.417 e. The number of rotatable bonds is 5. The Bertz CT molecular complexity index is 1300. The number of carbonyl (C=O) groups is 1. The second-order valence-corrected chi connectivity index (χ2v) is 8.63. The Kier molecular flexibility index (Phi) is 6.31. The Hall–Kier alpha value is -2.76. The lowest BCUT2D eigenvalue weighted by Gasteiger charge is -2.10. The number of hydrogen-bond acceptors (Lipinski definition) is 6. The maximum absolute atomic E-state index is 13.3. The first-order valence-electron chi connectivity index (χ1n) is 8.86. The monoisotopic (exact) mass is 498 g/mol. The third-order valence-electron chi connectivity index (χ3n) is 4.26. The van der Waals surface area contributed by atoms with E-state index in [-0.39, 0.29) is 22.4 Å². The fraction of sp³-hybridized carbons (Fsp3) is 0.100. The van der Waals surface area contributed by atoms with Gasteiger partial charge in [0.2, 0.25) is 5.91 Å². The fourth-order valence-electron chi connectivity index (χ4n) is 2.79. The van der Waals surface area contributed by atoms with E-state index in [1.165, 1.54) is 29.8 Å². The summed E-state index contributed by atoms with van der Waals surface area (Å²) in [5, 5.41) is 5.23. The quantitative estimate of drug-likeness (QED) is 0.199. The SMILES string of the molecule is O=C(CSc1ncnc2scc(-c3ccc(F)cc3)c12)Nc1ncc(C(F)(F)F)cc1Cl. The van der Waals surface area contributed by atoms with Gasteiger partial charge in [0, 0.05) is 17.1 Å². The van der Waals surface area contributed by atoms with Gasteiger partial charge in [-0.25, -0.2) is 19.3 Å². The predicted molar refractivity (Wildman–Crippen MR) is 116 cm³/mol. The van der Waals surface area contributed by atoms with Crippen LogP contribution in [0, 0.1) is 5.82 Å². The van der Waals surface area contributed by atoms with Crippen LogP contribution in [0.1, 0.15) is 5.56 Å². The number of pyridine rings is 1. The zero-order chi connectivity index (χ0) is 22.9. The largest absolute Gasteiger partial charge is 0.417 e. The molecule has 0 spiro atoms. The van der Waals surface area contributed by atoms with E-state index in [0.29, 0.717) is 22.1 Å². The van der Waals surface area contributed by atoms with Crippen LogP contribution in [0.15, 0.2) is 53.3 Å². The Labute approximate surface area is 191 Å². The van der Waals surface area contributed by atoms with Crippen molar-refractivity contribution in [1.82, 2.24) is 15.0 Å². The molecule has 1 amide bonds. The van der Waals surface area contributed by atoms with Gasteiger partial charge in [-0.05, 0) is 23.8 Å². The average Bonchev–Trinajstić information content (AvgIpc) is 3.18. The highest BCUT2D eigenvalue weighted by molar-refractivity contribution is 8.00. The van der Waals surface area contributed by atoms with Crippen LogP contribution in [0.25, 0.3) is 21.3 Å². The number of nitrogens with zero attached hydrogens (tertiary/aromatic N) is 3. The number of thioether (sulfide) groups is 1. The van der Waals surface area contributed by atoms with Gasteiger partial charge in [0.25, 0.3) is 0 Å². The Balaban J connectivity index is 1.52. The molecule has 0 saturated heterocycles. The molecule has 1 N–H and O–H groups in total. The molecular weight excluding hydrogens is 488 g/mol. The lowest BCUT2D eigenvalue weighted by atomic mass is 10.1. The molecule has 12 heteroatoms. The van der Waals surface area contributed by atoms with E-state index in [1.807, 2.05) is 5.38 Å². The molecule has 1 aromatic carbocycles. The summed E-state index contributed by atoms with van der Waals surface area (Å²) in [5.41, 5.74) is 0.574. The maximum atomic E-state index is 13.3. The molecule has 0 aliphatic heterocycles. The van der Waals surface area contributed by atoms with E-state index < -0.39 is 17.6 Å². The Morgan fingerprint density at radius 3 is 2.59 bits per heavy atom. The molecule has 3 heterocycles. The molecule has 0 aliphatic rings. The summed E-state index contributed by atoms with van der Waals surface area (Å²) in [7, 11) is 0. The lowest BCUT2D eigenvalue weighted by molar-refractivity contribution is -0.137. The van der Waals surface area contributed by atoms with E-state index in [1.54, 1.807) is 12.1 Å². The minimum Gasteiger partial charge on any atom is -0.309 e. The van der Waals surface area contributed by atoms with Gasteiger partial charge in [-0.15, -0.1) is 11.3 Å². The number of thiophene rings is 1. The van der Waals surface area contributed by atoms with Crippen LogP contribution in [0.5, 0.6) is 0 Å². The molecule has 0 unspecified atom stereocenters. The summed E-state index contributed by atoms with van der Waals surface area (Å²) < 4.78 is 51.5. The number of hydrogen-bond donors (Lipinski definition) is 1. The van der Waals surface area contributed by atoms with E-state index >= 15 is 0 Å². The standard InChI is InChI=1S/C20H11ClF4N4OS2/c21-14-5-11(20(23,24)25)6-26-17(14)29-15(30)8-32-19-16-13(7-31-18(16)27-9-28-19)10-1-3-12(22)4-2-10/h1-7,9H,8H2,(H,26,29,30). The molecule has 164 valence electrons. The third-order valence-corrected chi connectivity index (χ3v) is 6.42. The first kappa shape index (κ1) is 22.4. The van der Waals surface area contributed by atoms with E-state index in [4.69, 9.17) is 11.6 Å². The Morgan fingerprint density at radius 2 is 1.91 bits per heavy atom. The van der Waals surface area contributed by atoms with Crippen LogP contribution in [0.3, 0.4) is 0 Å². The van der Waals surface area contributed by atoms with Gasteiger partial charge in [0.05, 0.1) is 21.7 Å². The van der Waals surface area contributed by atoms with Gasteiger partial charge in [-0.1, -0.05) is 35.5 Å². The van der Waals surface area contributed by atoms with Crippen LogP contribution >= 0.6 is 34.7 Å². The van der Waals surface area contributed by atoms with Crippen molar-refractivity contribution in [3.8, 4) is 11.1 Å². The molecular formula is C20H11ClF4N4OS2. The smallest absolute Gasteiger partial charge is 0.309 e. The van der Waals surface area contributed by atoms with Gasteiger partial charge in [0.1, 0.15) is 22.0 Å². The number of aromatic nitrogens is 3. The summed E-state index contributed by atoms with van der Waals surface area (Å²) in [6.45, 7) is 0. The molecule has 0 atom stereocenters. The van der Waals surface area contributed by atoms with Crippen molar-refractivity contribution in [2.45, 2.75) is 11.2 Å². The molecule has 0 aliphatic carbocycles. The predicted octanol–water partition coefficient (Wildman–Crippen LogP) is 6.30. The summed E-state index contributed by atoms with van der Waals surface area (Å²) in [4.78, 5) is 25.1. The summed E-state index contributed by atoms with van der Waals surface area (Å²) in [5.74, 6) is -1.13. The van der Waals surface area contributed by atoms with Crippen molar-refractivity contribution in [2.75, 3.05) is 11.1 Å². The highest BCUT2D eigenvalue weighted by atomic mass is 35.5. The summed E-state index contributed by atoms with van der Waals surface area (Å²) in [6, 6.07) is 6.69. The molecule has 5 nitrogen and oxygen atoms in total. The Morgan fingerprint density at radius 1 is 1.16 bits per heavy atom. The number of benzene rings is 1. The second-order valence-electron chi connectivity index (χ2n) is 6.40. The van der Waals surface area contributed by atoms with Gasteiger partial charge in [-0.2, -0.15) is 13.2 Å². The first-order chi connectivity index (χ1) is 15.2. The minimum atomic E-state index is -4.59. The fourth-order valence-corrected chi connectivity index (χ4v) is 4.79. The van der Waals surface area contributed by atoms with Gasteiger partial charge >= 0.3 is 6.18 Å². The van der Waals surface area contributed by atoms with E-state index in [2.05, 4.69) is 20.3 Å². The van der Waals surface area contributed by atoms with Gasteiger partial charge in [0.15, 0.2) is 5.82 Å². The van der Waals surface area contributed by atoms with Crippen molar-refractivity contribution in [2.24, 2.45) is 0 Å². The zero-order valence-corrected chi connectivity index (χ0v) is 18.2. The van der Waals surface area contributed by atoms with Crippen LogP contribution in [0.4, 0.5) is 23.4 Å². The first-order valence-corrected chi connectivity index (χ1v) is 11.1. The number of carbonyl (C=O) groups excluding carboxylic acids is 1. The van der Waals surface area contributed by atoms with Crippen LogP contribution < -0.4 is 5.32 Å². The van der Waals surface area contributed by atoms with Crippen LogP contribution in [-0.2, 0) is 11.0 Å². The van der Waals surface area contributed by atoms with Crippen molar-refractivity contribution in [3.05, 3.63) is 64.6 Å². The molecule has 0 radical (unpaired) electrons. The lowest BCUT2D eigenvalue weighted by Crippen LogP contribution is -2.16. The van der Waals surface area contributed by atoms with Crippen molar-refractivity contribution < 1.29 is 22.4 Å². The number of nitrogens with one attached hydrogen (secondary N) is 1. The zero-order valence-electron chi connectivity index (χ0n) is 15.8. The summed E-state index contributed by atoms with van der Waals surface area (Å²) >= 11 is 8.35. The molecule has 32 heavy (non-hydrogen) atoms. The molecule has 0 fully saturated rings. The van der Waals surface area contributed by atoms with Gasteiger partial charge < -0.3 is 5.32 Å². The number of anilines is 1. The highest BCUT2D eigenvalue weighted by Crippen LogP contribution is 2.38. The van der Waals surface area contributed by atoms with E-state index in [9.17, 15) is 22.4 Å². The number of halogens is 5. The van der Waals surface area contributed by atoms with E-state index in [0.717, 1.165) is 28.3 Å². The average molecular weight is 499 g/mol. The molecule has 0 saturated carbocycles. The van der Waals surface area contributed by atoms with Crippen molar-refractivity contribution >= 4 is 56.6 Å². The minimum absolute atomic E-state index is 0.0934. The van der Waals surface area contributed by atoms with Crippen molar-refractivity contribution in [3.63, 3.8) is 0 Å². The molecule has 4 rings (SSSR count). The summed E-state index contributed by atoms with van der Waals surface area (Å²) in [6.07, 6.45) is -2.61. The molecule has 4 aromatic rings. The van der Waals surface area contributed by atoms with Crippen LogP contribution in [-0.4, -0.2) is 26.6 Å². The van der Waals surface area contributed by atoms with Gasteiger partial charge in [-0.3, -0.25) is 4.79 Å². The molecule has 3 aromatic heterocycles. The third kappa shape index (κ3) is 4.84. The molecule has 0 bridgehead atoms. The number of amides is 1. The normalized spacial score (nSPS) is 11.7. The highest BCUT2D eigenvalue weighted by Gasteiger charge is 2.31. The van der Waals surface area contributed by atoms with Crippen molar-refractivity contribution in [1.29, 1.82) is 0 Å². The second kappa shape index (κ2) is 9.00.